The van der Waals surface area contributed by atoms with E-state index in [1.165, 1.54) is 0 Å². The van der Waals surface area contributed by atoms with Crippen molar-refractivity contribution in [3.8, 4) is 0 Å². The molecule has 3 aliphatic heterocycles. The first-order valence-corrected chi connectivity index (χ1v) is 11.9. The van der Waals surface area contributed by atoms with Gasteiger partial charge in [-0.05, 0) is 0 Å². The molecule has 4 unspecified atom stereocenters. The van der Waals surface area contributed by atoms with Gasteiger partial charge in [-0.1, -0.05) is 0 Å². The number of hydrogen-bond donors (Lipinski definition) is 17. The van der Waals surface area contributed by atoms with E-state index in [9.17, 15) is 86.5 Å². The standard InChI is InChI=1S/C20H35NO20/c21-18(15(33)34,16(35)6(24)3-39-13(31)11(16)29)20(38,17(36)9(27)5(2-23)40-14(32)12(17)30)19(37)10(28)8(26)7(25)4(1-22)41-19/h4-14,22-32,35-38H,1-3,21H2,(H,33,34)/t4-,5-,6-,7+,8+,9+,10-,11+,12+,13?,14-,16-,17-,18?,19?,20?/m1/s1. The van der Waals surface area contributed by atoms with Crippen molar-refractivity contribution in [3.63, 3.8) is 0 Å². The highest BCUT2D eigenvalue weighted by atomic mass is 16.7. The zero-order valence-electron chi connectivity index (χ0n) is 20.8. The first-order valence-electron chi connectivity index (χ1n) is 11.9. The van der Waals surface area contributed by atoms with Crippen LogP contribution in [-0.4, -0.2) is 203 Å². The van der Waals surface area contributed by atoms with E-state index in [2.05, 4.69) is 4.74 Å². The summed E-state index contributed by atoms with van der Waals surface area (Å²) in [7, 11) is 0. The molecule has 240 valence electrons. The lowest BCUT2D eigenvalue weighted by Gasteiger charge is -2.67. The third-order valence-electron chi connectivity index (χ3n) is 8.28. The summed E-state index contributed by atoms with van der Waals surface area (Å²) in [5, 5.41) is 172. The molecule has 3 aliphatic rings. The number of nitrogens with two attached hydrogens (primary N) is 1. The maximum Gasteiger partial charge on any atom is 0.330 e. The van der Waals surface area contributed by atoms with Crippen LogP contribution in [0.2, 0.25) is 0 Å². The SMILES string of the molecule is NC(C(=O)O)(C(O)(C1(O)O[C@H](CO)[C@H](O)[C@H](O)[C@H]1O)[C@]1(O)[C@@H](O)[C@H](O)O[C@H](CO)[C@@H]1O)[C@@]1(O)[C@H](O)COC(O)[C@@H]1O. The van der Waals surface area contributed by atoms with E-state index in [1.807, 2.05) is 0 Å². The quantitative estimate of drug-likeness (QED) is 0.127. The van der Waals surface area contributed by atoms with E-state index in [4.69, 9.17) is 15.2 Å². The Morgan fingerprint density at radius 2 is 1.29 bits per heavy atom. The van der Waals surface area contributed by atoms with Gasteiger partial charge in [0.25, 0.3) is 0 Å². The van der Waals surface area contributed by atoms with E-state index in [0.29, 0.717) is 0 Å². The third-order valence-corrected chi connectivity index (χ3v) is 8.28. The number of hydrogen-bond acceptors (Lipinski definition) is 20. The highest BCUT2D eigenvalue weighted by Crippen LogP contribution is 2.56. The summed E-state index contributed by atoms with van der Waals surface area (Å²) in [6, 6.07) is 0. The van der Waals surface area contributed by atoms with Gasteiger partial charge in [-0.2, -0.15) is 0 Å². The second kappa shape index (κ2) is 11.0. The van der Waals surface area contributed by atoms with Gasteiger partial charge in [0.05, 0.1) is 19.8 Å². The number of carboxylic acids is 1. The molecule has 18 N–H and O–H groups in total. The van der Waals surface area contributed by atoms with Crippen molar-refractivity contribution in [1.29, 1.82) is 0 Å². The average molecular weight is 609 g/mol. The van der Waals surface area contributed by atoms with Crippen molar-refractivity contribution >= 4 is 5.97 Å². The molecule has 3 heterocycles. The largest absolute Gasteiger partial charge is 0.480 e. The topological polar surface area (TPSA) is 394 Å². The first-order chi connectivity index (χ1) is 18.7. The van der Waals surface area contributed by atoms with Crippen LogP contribution >= 0.6 is 0 Å². The number of carbonyl (C=O) groups is 1. The first kappa shape index (κ1) is 34.2. The fraction of sp³-hybridized carbons (Fsp3) is 0.950. The molecule has 0 aromatic heterocycles. The average Bonchev–Trinajstić information content (AvgIpc) is 2.94. The molecule has 0 saturated carbocycles. The summed E-state index contributed by atoms with van der Waals surface area (Å²) in [5.74, 6) is -7.38. The van der Waals surface area contributed by atoms with Crippen LogP contribution in [0, 0.1) is 0 Å². The summed E-state index contributed by atoms with van der Waals surface area (Å²) < 4.78 is 14.2. The van der Waals surface area contributed by atoms with Crippen molar-refractivity contribution in [2.24, 2.45) is 5.73 Å². The van der Waals surface area contributed by atoms with Crippen LogP contribution in [0.25, 0.3) is 0 Å². The van der Waals surface area contributed by atoms with Gasteiger partial charge in [-0.25, -0.2) is 4.79 Å². The molecule has 0 amide bonds. The molecular formula is C20H35NO20. The van der Waals surface area contributed by atoms with Crippen LogP contribution in [0.4, 0.5) is 0 Å². The second-order valence-electron chi connectivity index (χ2n) is 10.3. The molecule has 21 nitrogen and oxygen atoms in total. The predicted octanol–water partition coefficient (Wildman–Crippen LogP) is -11.4. The predicted molar refractivity (Wildman–Crippen MR) is 118 cm³/mol. The molecule has 0 spiro atoms. The molecule has 3 fully saturated rings. The fourth-order valence-corrected chi connectivity index (χ4v) is 5.85. The molecule has 16 atom stereocenters. The van der Waals surface area contributed by atoms with Gasteiger partial charge in [0, 0.05) is 0 Å². The van der Waals surface area contributed by atoms with Crippen LogP contribution in [0.15, 0.2) is 0 Å². The highest BCUT2D eigenvalue weighted by molar-refractivity contribution is 5.84. The summed E-state index contributed by atoms with van der Waals surface area (Å²) in [6.07, 6.45) is -30.9. The summed E-state index contributed by atoms with van der Waals surface area (Å²) in [4.78, 5) is 13.0. The van der Waals surface area contributed by atoms with Crippen LogP contribution in [0.5, 0.6) is 0 Å². The third kappa shape index (κ3) is 4.11. The zero-order valence-corrected chi connectivity index (χ0v) is 20.8. The van der Waals surface area contributed by atoms with Gasteiger partial charge in [0.2, 0.25) is 5.79 Å². The van der Waals surface area contributed by atoms with E-state index < -0.39 is 121 Å². The fourth-order valence-electron chi connectivity index (χ4n) is 5.85. The van der Waals surface area contributed by atoms with Crippen molar-refractivity contribution in [1.82, 2.24) is 0 Å². The van der Waals surface area contributed by atoms with E-state index >= 15 is 0 Å². The number of aliphatic hydroxyl groups is 15. The molecular weight excluding hydrogens is 574 g/mol. The van der Waals surface area contributed by atoms with Gasteiger partial charge in [0.1, 0.15) is 54.9 Å². The van der Waals surface area contributed by atoms with Gasteiger partial charge >= 0.3 is 5.97 Å². The molecule has 3 saturated heterocycles. The molecule has 3 rings (SSSR count). The lowest BCUT2D eigenvalue weighted by molar-refractivity contribution is -0.472. The Kier molecular flexibility index (Phi) is 9.18. The minimum absolute atomic E-state index is 1.30. The lowest BCUT2D eigenvalue weighted by Crippen LogP contribution is -2.98. The van der Waals surface area contributed by atoms with Crippen molar-refractivity contribution < 1.29 is 101 Å². The molecule has 21 heteroatoms. The monoisotopic (exact) mass is 609 g/mol. The minimum Gasteiger partial charge on any atom is -0.480 e. The number of rotatable bonds is 7. The Morgan fingerprint density at radius 1 is 0.780 bits per heavy atom. The zero-order chi connectivity index (χ0) is 31.7. The minimum atomic E-state index is -4.97. The Bertz CT molecular complexity index is 975. The van der Waals surface area contributed by atoms with Crippen LogP contribution in [0.1, 0.15) is 0 Å². The summed E-state index contributed by atoms with van der Waals surface area (Å²) in [5.41, 5.74) is -12.2. The maximum atomic E-state index is 13.0. The lowest BCUT2D eigenvalue weighted by atomic mass is 9.51. The van der Waals surface area contributed by atoms with Gasteiger partial charge < -0.3 is 102 Å². The molecule has 0 aromatic rings. The van der Waals surface area contributed by atoms with Crippen molar-refractivity contribution in [3.05, 3.63) is 0 Å². The Morgan fingerprint density at radius 3 is 1.78 bits per heavy atom. The van der Waals surface area contributed by atoms with Gasteiger partial charge in [0.15, 0.2) is 34.9 Å². The summed E-state index contributed by atoms with van der Waals surface area (Å²) in [6.45, 7) is -4.11. The smallest absolute Gasteiger partial charge is 0.330 e. The second-order valence-corrected chi connectivity index (χ2v) is 10.3. The van der Waals surface area contributed by atoms with Gasteiger partial charge in [-0.3, -0.25) is 0 Å². The van der Waals surface area contributed by atoms with Crippen LogP contribution < -0.4 is 5.73 Å². The summed E-state index contributed by atoms with van der Waals surface area (Å²) >= 11 is 0. The normalized spacial score (nSPS) is 52.3. The highest BCUT2D eigenvalue weighted by Gasteiger charge is 2.88. The molecule has 41 heavy (non-hydrogen) atoms. The maximum absolute atomic E-state index is 13.0. The van der Waals surface area contributed by atoms with Crippen molar-refractivity contribution in [2.45, 2.75) is 95.6 Å². The van der Waals surface area contributed by atoms with Crippen LogP contribution in [0.3, 0.4) is 0 Å². The van der Waals surface area contributed by atoms with E-state index in [0.717, 1.165) is 0 Å². The Hall–Kier alpha value is -1.29. The van der Waals surface area contributed by atoms with Crippen molar-refractivity contribution in [2.75, 3.05) is 19.8 Å². The Balaban J connectivity index is 2.55. The number of ether oxygens (including phenoxy) is 3. The Labute approximate surface area is 228 Å². The van der Waals surface area contributed by atoms with Gasteiger partial charge in [-0.15, -0.1) is 0 Å². The number of aliphatic hydroxyl groups excluding tert-OH is 11. The molecule has 0 aromatic carbocycles. The molecule has 0 radical (unpaired) electrons. The number of carboxylic acid groups (broad SMARTS) is 1. The van der Waals surface area contributed by atoms with E-state index in [1.54, 1.807) is 0 Å². The molecule has 0 aliphatic carbocycles. The van der Waals surface area contributed by atoms with Crippen LogP contribution in [-0.2, 0) is 19.0 Å². The number of aliphatic carboxylic acids is 1. The van der Waals surface area contributed by atoms with E-state index in [-0.39, 0.29) is 0 Å². The molecule has 0 bridgehead atoms.